The van der Waals surface area contributed by atoms with Gasteiger partial charge < -0.3 is 4.74 Å². The summed E-state index contributed by atoms with van der Waals surface area (Å²) in [6, 6.07) is 1.97. The van der Waals surface area contributed by atoms with Crippen LogP contribution in [0.1, 0.15) is 62.6 Å². The lowest BCUT2D eigenvalue weighted by molar-refractivity contribution is -0.119. The molecule has 1 aromatic rings. The zero-order chi connectivity index (χ0) is 15.8. The molecule has 3 heteroatoms. The van der Waals surface area contributed by atoms with Crippen LogP contribution in [0.15, 0.2) is 6.07 Å². The van der Waals surface area contributed by atoms with Crippen molar-refractivity contribution in [2.24, 2.45) is 0 Å². The Bertz CT molecular complexity index is 481. The minimum atomic E-state index is 0.352. The predicted octanol–water partition coefficient (Wildman–Crippen LogP) is 5.44. The second-order valence-corrected chi connectivity index (χ2v) is 6.01. The fourth-order valence-corrected chi connectivity index (χ4v) is 2.77. The lowest BCUT2D eigenvalue weighted by atomic mass is 9.97. The van der Waals surface area contributed by atoms with E-state index in [1.165, 1.54) is 0 Å². The van der Waals surface area contributed by atoms with Crippen LogP contribution in [0.2, 0.25) is 5.02 Å². The molecule has 1 rings (SSSR count). The maximum absolute atomic E-state index is 11.7. The fraction of sp³-hybridized carbons (Fsp3) is 0.611. The number of halogens is 1. The van der Waals surface area contributed by atoms with Gasteiger partial charge in [0.2, 0.25) is 0 Å². The number of aryl methyl sites for hydroxylation is 1. The van der Waals surface area contributed by atoms with Crippen molar-refractivity contribution in [1.82, 2.24) is 0 Å². The molecule has 1 aromatic carbocycles. The first-order chi connectivity index (χ1) is 10.0. The van der Waals surface area contributed by atoms with E-state index in [9.17, 15) is 4.79 Å². The number of hydrogen-bond donors (Lipinski definition) is 0. The van der Waals surface area contributed by atoms with Crippen LogP contribution in [0.5, 0.6) is 5.75 Å². The molecule has 0 saturated heterocycles. The molecule has 21 heavy (non-hydrogen) atoms. The molecular formula is C18H27ClO2. The normalized spacial score (nSPS) is 10.7. The zero-order valence-electron chi connectivity index (χ0n) is 13.7. The molecular weight excluding hydrogens is 284 g/mol. The lowest BCUT2D eigenvalue weighted by Crippen LogP contribution is -2.05. The van der Waals surface area contributed by atoms with Gasteiger partial charge >= 0.3 is 0 Å². The molecule has 0 unspecified atom stereocenters. The van der Waals surface area contributed by atoms with Gasteiger partial charge in [0, 0.05) is 17.9 Å². The summed E-state index contributed by atoms with van der Waals surface area (Å²) in [5, 5.41) is 0.784. The van der Waals surface area contributed by atoms with E-state index >= 15 is 0 Å². The molecule has 0 spiro atoms. The van der Waals surface area contributed by atoms with Gasteiger partial charge in [-0.1, -0.05) is 25.4 Å². The summed E-state index contributed by atoms with van der Waals surface area (Å²) in [5.74, 6) is 1.31. The van der Waals surface area contributed by atoms with Crippen LogP contribution in [0, 0.1) is 13.8 Å². The highest BCUT2D eigenvalue weighted by Crippen LogP contribution is 2.33. The number of Topliss-reactive ketones (excluding diaryl/α,β-unsaturated/α-hetero) is 1. The lowest BCUT2D eigenvalue weighted by Gasteiger charge is -2.17. The third kappa shape index (κ3) is 5.35. The first kappa shape index (κ1) is 18.0. The van der Waals surface area contributed by atoms with Crippen molar-refractivity contribution >= 4 is 17.4 Å². The van der Waals surface area contributed by atoms with Crippen LogP contribution in [0.4, 0.5) is 0 Å². The molecule has 118 valence electrons. The molecule has 0 aliphatic carbocycles. The van der Waals surface area contributed by atoms with Gasteiger partial charge in [0.05, 0.1) is 6.61 Å². The first-order valence-corrected chi connectivity index (χ1v) is 8.32. The average molecular weight is 311 g/mol. The molecule has 0 radical (unpaired) electrons. The number of hydrogen-bond acceptors (Lipinski definition) is 2. The topological polar surface area (TPSA) is 26.3 Å². The van der Waals surface area contributed by atoms with Crippen molar-refractivity contribution in [2.75, 3.05) is 6.61 Å². The molecule has 0 aliphatic rings. The van der Waals surface area contributed by atoms with Gasteiger partial charge in [-0.3, -0.25) is 4.79 Å². The summed E-state index contributed by atoms with van der Waals surface area (Å²) in [6.07, 6.45) is 4.96. The second-order valence-electron chi connectivity index (χ2n) is 5.60. The highest BCUT2D eigenvalue weighted by atomic mass is 35.5. The van der Waals surface area contributed by atoms with E-state index in [1.54, 1.807) is 0 Å². The number of rotatable bonds is 9. The summed E-state index contributed by atoms with van der Waals surface area (Å²) in [4.78, 5) is 11.7. The van der Waals surface area contributed by atoms with Gasteiger partial charge in [-0.2, -0.15) is 0 Å². The van der Waals surface area contributed by atoms with Gasteiger partial charge in [0.1, 0.15) is 11.5 Å². The SMILES string of the molecule is CCCOc1c(C)cc(Cl)c(C)c1CCCC(=O)CCC. The van der Waals surface area contributed by atoms with Crippen LogP contribution in [-0.2, 0) is 11.2 Å². The van der Waals surface area contributed by atoms with Crippen LogP contribution in [0.25, 0.3) is 0 Å². The van der Waals surface area contributed by atoms with Crippen LogP contribution < -0.4 is 4.74 Å². The Morgan fingerprint density at radius 3 is 2.52 bits per heavy atom. The van der Waals surface area contributed by atoms with Crippen molar-refractivity contribution in [3.8, 4) is 5.75 Å². The van der Waals surface area contributed by atoms with Crippen LogP contribution in [-0.4, -0.2) is 12.4 Å². The second kappa shape index (κ2) is 9.09. The zero-order valence-corrected chi connectivity index (χ0v) is 14.5. The maximum atomic E-state index is 11.7. The first-order valence-electron chi connectivity index (χ1n) is 7.94. The smallest absolute Gasteiger partial charge is 0.132 e. The summed E-state index contributed by atoms with van der Waals surface area (Å²) in [7, 11) is 0. The third-order valence-corrected chi connectivity index (χ3v) is 4.04. The van der Waals surface area contributed by atoms with E-state index < -0.39 is 0 Å². The molecule has 0 N–H and O–H groups in total. The molecule has 0 aromatic heterocycles. The van der Waals surface area contributed by atoms with Crippen molar-refractivity contribution < 1.29 is 9.53 Å². The highest BCUT2D eigenvalue weighted by Gasteiger charge is 2.14. The number of ether oxygens (including phenoxy) is 1. The monoisotopic (exact) mass is 310 g/mol. The average Bonchev–Trinajstić information content (AvgIpc) is 2.43. The Hall–Kier alpha value is -1.02. The highest BCUT2D eigenvalue weighted by molar-refractivity contribution is 6.31. The third-order valence-electron chi connectivity index (χ3n) is 3.65. The summed E-state index contributed by atoms with van der Waals surface area (Å²) < 4.78 is 5.91. The molecule has 0 aliphatic heterocycles. The van der Waals surface area contributed by atoms with Crippen molar-refractivity contribution in [3.63, 3.8) is 0 Å². The Kier molecular flexibility index (Phi) is 7.81. The van der Waals surface area contributed by atoms with Crippen molar-refractivity contribution in [2.45, 2.75) is 66.2 Å². The molecule has 0 bridgehead atoms. The Morgan fingerprint density at radius 1 is 1.19 bits per heavy atom. The van der Waals surface area contributed by atoms with Gasteiger partial charge in [-0.05, 0) is 62.3 Å². The van der Waals surface area contributed by atoms with Crippen molar-refractivity contribution in [3.05, 3.63) is 27.8 Å². The molecule has 0 atom stereocenters. The van der Waals surface area contributed by atoms with E-state index in [-0.39, 0.29) is 0 Å². The molecule has 2 nitrogen and oxygen atoms in total. The molecule has 0 saturated carbocycles. The van der Waals surface area contributed by atoms with E-state index in [1.807, 2.05) is 26.8 Å². The van der Waals surface area contributed by atoms with Gasteiger partial charge in [-0.15, -0.1) is 0 Å². The largest absolute Gasteiger partial charge is 0.493 e. The number of benzene rings is 1. The standard InChI is InChI=1S/C18H27ClO2/c1-5-8-15(20)9-7-10-16-14(4)17(19)12-13(3)18(16)21-11-6-2/h12H,5-11H2,1-4H3. The maximum Gasteiger partial charge on any atom is 0.132 e. The minimum Gasteiger partial charge on any atom is -0.493 e. The van der Waals surface area contributed by atoms with Crippen LogP contribution >= 0.6 is 11.6 Å². The summed E-state index contributed by atoms with van der Waals surface area (Å²) in [5.41, 5.74) is 3.32. The van der Waals surface area contributed by atoms with E-state index in [0.717, 1.165) is 53.1 Å². The number of carbonyl (C=O) groups excluding carboxylic acids is 1. The van der Waals surface area contributed by atoms with Gasteiger partial charge in [0.15, 0.2) is 0 Å². The number of ketones is 1. The van der Waals surface area contributed by atoms with Gasteiger partial charge in [-0.25, -0.2) is 0 Å². The molecule has 0 heterocycles. The quantitative estimate of drug-likeness (QED) is 0.607. The van der Waals surface area contributed by atoms with Crippen LogP contribution in [0.3, 0.4) is 0 Å². The Morgan fingerprint density at radius 2 is 1.90 bits per heavy atom. The summed E-state index contributed by atoms with van der Waals surface area (Å²) >= 11 is 6.29. The summed E-state index contributed by atoms with van der Waals surface area (Å²) in [6.45, 7) is 8.91. The fourth-order valence-electron chi connectivity index (χ4n) is 2.49. The molecule has 0 fully saturated rings. The Balaban J connectivity index is 2.84. The van der Waals surface area contributed by atoms with Crippen molar-refractivity contribution in [1.29, 1.82) is 0 Å². The predicted molar refractivity (Wildman–Crippen MR) is 89.6 cm³/mol. The minimum absolute atomic E-state index is 0.352. The number of carbonyl (C=O) groups is 1. The van der Waals surface area contributed by atoms with E-state index in [2.05, 4.69) is 6.92 Å². The van der Waals surface area contributed by atoms with Gasteiger partial charge in [0.25, 0.3) is 0 Å². The van der Waals surface area contributed by atoms with E-state index in [0.29, 0.717) is 25.2 Å². The molecule has 0 amide bonds. The Labute approximate surface area is 133 Å². The van der Waals surface area contributed by atoms with E-state index in [4.69, 9.17) is 16.3 Å².